The summed E-state index contributed by atoms with van der Waals surface area (Å²) < 4.78 is 0. The van der Waals surface area contributed by atoms with Crippen LogP contribution < -0.4 is 5.32 Å². The van der Waals surface area contributed by atoms with E-state index in [2.05, 4.69) is 15.5 Å². The van der Waals surface area contributed by atoms with Crippen LogP contribution in [-0.2, 0) is 0 Å². The number of halogens is 1. The van der Waals surface area contributed by atoms with Gasteiger partial charge < -0.3 is 5.32 Å². The standard InChI is InChI=1S/C18H13ClN4O2/c19-13-2-1-3-17(12-13)20-14-4-6-15(7-5-14)21-22-16-8-10-18(11-9-16)23(24)25/h1-12,20H. The van der Waals surface area contributed by atoms with Crippen molar-refractivity contribution in [3.05, 3.63) is 87.9 Å². The fraction of sp³-hybridized carbons (Fsp3) is 0. The molecule has 124 valence electrons. The first-order valence-corrected chi connectivity index (χ1v) is 7.77. The average Bonchev–Trinajstić information content (AvgIpc) is 2.61. The van der Waals surface area contributed by atoms with Gasteiger partial charge in [-0.25, -0.2) is 0 Å². The molecule has 25 heavy (non-hydrogen) atoms. The quantitative estimate of drug-likeness (QED) is 0.327. The van der Waals surface area contributed by atoms with Crippen molar-refractivity contribution >= 4 is 40.0 Å². The van der Waals surface area contributed by atoms with Crippen LogP contribution in [0.1, 0.15) is 0 Å². The van der Waals surface area contributed by atoms with Crippen molar-refractivity contribution in [2.45, 2.75) is 0 Å². The molecule has 0 atom stereocenters. The summed E-state index contributed by atoms with van der Waals surface area (Å²) in [6.07, 6.45) is 0. The summed E-state index contributed by atoms with van der Waals surface area (Å²) in [6.45, 7) is 0. The van der Waals surface area contributed by atoms with Gasteiger partial charge in [0.25, 0.3) is 5.69 Å². The predicted molar refractivity (Wildman–Crippen MR) is 98.4 cm³/mol. The van der Waals surface area contributed by atoms with Gasteiger partial charge in [-0.1, -0.05) is 17.7 Å². The summed E-state index contributed by atoms with van der Waals surface area (Å²) in [4.78, 5) is 10.2. The number of rotatable bonds is 5. The number of nitro groups is 1. The van der Waals surface area contributed by atoms with Crippen LogP contribution in [0.25, 0.3) is 0 Å². The van der Waals surface area contributed by atoms with Crippen LogP contribution in [0.5, 0.6) is 0 Å². The zero-order chi connectivity index (χ0) is 17.6. The van der Waals surface area contributed by atoms with Gasteiger partial charge in [-0.05, 0) is 54.6 Å². The molecule has 7 heteroatoms. The lowest BCUT2D eigenvalue weighted by molar-refractivity contribution is -0.384. The number of nitrogens with one attached hydrogen (secondary N) is 1. The van der Waals surface area contributed by atoms with Crippen LogP contribution in [0.3, 0.4) is 0 Å². The van der Waals surface area contributed by atoms with E-state index in [-0.39, 0.29) is 5.69 Å². The molecule has 0 aromatic heterocycles. The molecule has 3 aromatic rings. The molecule has 6 nitrogen and oxygen atoms in total. The molecular formula is C18H13ClN4O2. The normalized spacial score (nSPS) is 10.8. The second-order valence-corrected chi connectivity index (χ2v) is 5.59. The summed E-state index contributed by atoms with van der Waals surface area (Å²) in [7, 11) is 0. The lowest BCUT2D eigenvalue weighted by Crippen LogP contribution is -1.88. The maximum absolute atomic E-state index is 10.6. The van der Waals surface area contributed by atoms with E-state index in [9.17, 15) is 10.1 Å². The van der Waals surface area contributed by atoms with E-state index in [0.29, 0.717) is 16.4 Å². The van der Waals surface area contributed by atoms with Gasteiger partial charge in [-0.2, -0.15) is 10.2 Å². The van der Waals surface area contributed by atoms with Crippen molar-refractivity contribution in [2.75, 3.05) is 5.32 Å². The van der Waals surface area contributed by atoms with Crippen molar-refractivity contribution < 1.29 is 4.92 Å². The predicted octanol–water partition coefficient (Wildman–Crippen LogP) is 6.41. The van der Waals surface area contributed by atoms with Gasteiger partial charge in [-0.15, -0.1) is 0 Å². The van der Waals surface area contributed by atoms with E-state index in [1.165, 1.54) is 12.1 Å². The van der Waals surface area contributed by atoms with E-state index in [1.54, 1.807) is 12.1 Å². The van der Waals surface area contributed by atoms with E-state index in [4.69, 9.17) is 11.6 Å². The fourth-order valence-corrected chi connectivity index (χ4v) is 2.29. The molecule has 0 aliphatic heterocycles. The van der Waals surface area contributed by atoms with Gasteiger partial charge in [-0.3, -0.25) is 10.1 Å². The monoisotopic (exact) mass is 352 g/mol. The van der Waals surface area contributed by atoms with Crippen LogP contribution >= 0.6 is 11.6 Å². The smallest absolute Gasteiger partial charge is 0.269 e. The number of non-ortho nitro benzene ring substituents is 1. The highest BCUT2D eigenvalue weighted by molar-refractivity contribution is 6.30. The second-order valence-electron chi connectivity index (χ2n) is 5.16. The van der Waals surface area contributed by atoms with Gasteiger partial charge >= 0.3 is 0 Å². The molecule has 1 N–H and O–H groups in total. The van der Waals surface area contributed by atoms with Crippen molar-refractivity contribution in [1.82, 2.24) is 0 Å². The summed E-state index contributed by atoms with van der Waals surface area (Å²) in [5, 5.41) is 22.7. The van der Waals surface area contributed by atoms with Crippen molar-refractivity contribution in [1.29, 1.82) is 0 Å². The molecule has 0 fully saturated rings. The Morgan fingerprint density at radius 3 is 2.00 bits per heavy atom. The Bertz CT molecular complexity index is 909. The maximum Gasteiger partial charge on any atom is 0.269 e. The number of anilines is 2. The molecule has 0 bridgehead atoms. The zero-order valence-electron chi connectivity index (χ0n) is 13.0. The minimum absolute atomic E-state index is 0.0235. The first-order chi connectivity index (χ1) is 12.1. The minimum Gasteiger partial charge on any atom is -0.355 e. The Morgan fingerprint density at radius 1 is 0.840 bits per heavy atom. The number of nitrogens with zero attached hydrogens (tertiary/aromatic N) is 3. The Labute approximate surface area is 148 Å². The molecule has 0 radical (unpaired) electrons. The highest BCUT2D eigenvalue weighted by atomic mass is 35.5. The Hall–Kier alpha value is -3.25. The molecule has 3 aromatic carbocycles. The molecule has 0 saturated carbocycles. The third-order valence-electron chi connectivity index (χ3n) is 3.32. The number of nitro benzene ring substituents is 1. The highest BCUT2D eigenvalue weighted by Crippen LogP contribution is 2.24. The maximum atomic E-state index is 10.6. The Balaban J connectivity index is 1.66. The van der Waals surface area contributed by atoms with Crippen molar-refractivity contribution in [3.63, 3.8) is 0 Å². The average molecular weight is 353 g/mol. The third-order valence-corrected chi connectivity index (χ3v) is 3.56. The molecule has 0 aliphatic rings. The van der Waals surface area contributed by atoms with Crippen molar-refractivity contribution in [3.8, 4) is 0 Å². The lowest BCUT2D eigenvalue weighted by Gasteiger charge is -2.06. The molecule has 0 unspecified atom stereocenters. The summed E-state index contributed by atoms with van der Waals surface area (Å²) in [5.41, 5.74) is 3.04. The SMILES string of the molecule is O=[N+]([O-])c1ccc(N=Nc2ccc(Nc3cccc(Cl)c3)cc2)cc1. The molecular weight excluding hydrogens is 340 g/mol. The lowest BCUT2D eigenvalue weighted by atomic mass is 10.2. The third kappa shape index (κ3) is 4.62. The molecule has 0 spiro atoms. The second kappa shape index (κ2) is 7.55. The molecule has 0 saturated heterocycles. The van der Waals surface area contributed by atoms with Crippen LogP contribution in [-0.4, -0.2) is 4.92 Å². The van der Waals surface area contributed by atoms with Crippen LogP contribution in [0.15, 0.2) is 83.0 Å². The van der Waals surface area contributed by atoms with Gasteiger partial charge in [0.05, 0.1) is 16.3 Å². The first-order valence-electron chi connectivity index (χ1n) is 7.39. The Kier molecular flexibility index (Phi) is 5.01. The van der Waals surface area contributed by atoms with Gasteiger partial charge in [0.15, 0.2) is 0 Å². The number of azo groups is 1. The van der Waals surface area contributed by atoms with Gasteiger partial charge in [0.2, 0.25) is 0 Å². The fourth-order valence-electron chi connectivity index (χ4n) is 2.10. The van der Waals surface area contributed by atoms with Crippen LogP contribution in [0.2, 0.25) is 5.02 Å². The largest absolute Gasteiger partial charge is 0.355 e. The minimum atomic E-state index is -0.452. The topological polar surface area (TPSA) is 79.9 Å². The number of benzene rings is 3. The molecule has 0 amide bonds. The first kappa shape index (κ1) is 16.6. The van der Waals surface area contributed by atoms with E-state index in [0.717, 1.165) is 11.4 Å². The Morgan fingerprint density at radius 2 is 1.44 bits per heavy atom. The van der Waals surface area contributed by atoms with E-state index < -0.39 is 4.92 Å². The summed E-state index contributed by atoms with van der Waals surface area (Å²) >= 11 is 5.96. The molecule has 0 heterocycles. The van der Waals surface area contributed by atoms with Gasteiger partial charge in [0, 0.05) is 28.5 Å². The van der Waals surface area contributed by atoms with E-state index >= 15 is 0 Å². The summed E-state index contributed by atoms with van der Waals surface area (Å²) in [5.74, 6) is 0. The number of hydrogen-bond acceptors (Lipinski definition) is 5. The molecule has 0 aliphatic carbocycles. The summed E-state index contributed by atoms with van der Waals surface area (Å²) in [6, 6.07) is 20.7. The van der Waals surface area contributed by atoms with Crippen LogP contribution in [0.4, 0.5) is 28.4 Å². The zero-order valence-corrected chi connectivity index (χ0v) is 13.7. The number of hydrogen-bond donors (Lipinski definition) is 1. The van der Waals surface area contributed by atoms with Crippen LogP contribution in [0, 0.1) is 10.1 Å². The van der Waals surface area contributed by atoms with Crippen molar-refractivity contribution in [2.24, 2.45) is 10.2 Å². The molecule has 3 rings (SSSR count). The van der Waals surface area contributed by atoms with Gasteiger partial charge in [0.1, 0.15) is 0 Å². The highest BCUT2D eigenvalue weighted by Gasteiger charge is 2.03. The van der Waals surface area contributed by atoms with E-state index in [1.807, 2.05) is 48.5 Å².